The highest BCUT2D eigenvalue weighted by atomic mass is 15.2. The van der Waals surface area contributed by atoms with E-state index in [1.807, 2.05) is 0 Å². The van der Waals surface area contributed by atoms with Crippen LogP contribution in [0.15, 0.2) is 163 Å². The molecule has 4 heteroatoms. The Morgan fingerprint density at radius 3 is 1.44 bits per heavy atom. The average molecular weight is 699 g/mol. The van der Waals surface area contributed by atoms with E-state index < -0.39 is 0 Å². The maximum absolute atomic E-state index is 2.44. The fourth-order valence-electron chi connectivity index (χ4n) is 8.82. The van der Waals surface area contributed by atoms with Crippen molar-refractivity contribution in [2.24, 2.45) is 14.1 Å². The van der Waals surface area contributed by atoms with Gasteiger partial charge in [0.05, 0.1) is 22.1 Å². The number of allylic oxidation sites excluding steroid dienone is 4. The van der Waals surface area contributed by atoms with E-state index in [2.05, 4.69) is 205 Å². The molecule has 0 bridgehead atoms. The van der Waals surface area contributed by atoms with Crippen LogP contribution in [-0.2, 0) is 14.1 Å². The largest absolute Gasteiger partial charge is 0.342 e. The van der Waals surface area contributed by atoms with E-state index in [0.717, 1.165) is 29.9 Å². The molecule has 7 aromatic carbocycles. The first-order valence-electron chi connectivity index (χ1n) is 19.0. The minimum Gasteiger partial charge on any atom is -0.342 e. The molecule has 0 aliphatic heterocycles. The molecule has 54 heavy (non-hydrogen) atoms. The third-order valence-electron chi connectivity index (χ3n) is 11.5. The van der Waals surface area contributed by atoms with E-state index in [4.69, 9.17) is 0 Å². The molecule has 10 rings (SSSR count). The van der Waals surface area contributed by atoms with Crippen LogP contribution in [0.25, 0.3) is 54.4 Å². The fourth-order valence-corrected chi connectivity index (χ4v) is 8.82. The molecule has 0 fully saturated rings. The van der Waals surface area contributed by atoms with Crippen LogP contribution in [0.2, 0.25) is 0 Å². The summed E-state index contributed by atoms with van der Waals surface area (Å²) in [4.78, 5) is 4.80. The number of hydrogen-bond donors (Lipinski definition) is 0. The highest BCUT2D eigenvalue weighted by Crippen LogP contribution is 2.46. The highest BCUT2D eigenvalue weighted by molar-refractivity contribution is 6.36. The predicted molar refractivity (Wildman–Crippen MR) is 231 cm³/mol. The molecule has 0 spiro atoms. The Morgan fingerprint density at radius 2 is 0.926 bits per heavy atom. The van der Waals surface area contributed by atoms with Crippen molar-refractivity contribution in [2.75, 3.05) is 9.80 Å². The minimum absolute atomic E-state index is 1.01. The standard InChI is InChI=1S/C50H42N4/c1-33-19-23-37(24-20-33)53(35-13-7-5-8-14-35)39-27-29-43-45(31-39)51(3)49-47(43)41-17-11-12-18-42(41)48-44-30-28-40(32-46(44)52(4)50(48)49)54(36-15-9-6-10-16-36)38-25-21-34(2)22-26-38/h5-9,11-15,17-32H,10,16H2,1-4H3. The minimum atomic E-state index is 1.01. The van der Waals surface area contributed by atoms with Crippen LogP contribution in [0.5, 0.6) is 0 Å². The Balaban J connectivity index is 1.23. The first kappa shape index (κ1) is 32.2. The van der Waals surface area contributed by atoms with Gasteiger partial charge in [-0.3, -0.25) is 0 Å². The number of fused-ring (bicyclic) bond motifs is 10. The lowest BCUT2D eigenvalue weighted by molar-refractivity contribution is 0.917. The van der Waals surface area contributed by atoms with E-state index in [0.29, 0.717) is 0 Å². The first-order chi connectivity index (χ1) is 26.5. The van der Waals surface area contributed by atoms with E-state index in [1.54, 1.807) is 0 Å². The van der Waals surface area contributed by atoms with Gasteiger partial charge < -0.3 is 18.9 Å². The second-order valence-electron chi connectivity index (χ2n) is 14.8. The number of para-hydroxylation sites is 1. The summed E-state index contributed by atoms with van der Waals surface area (Å²) >= 11 is 0. The van der Waals surface area contributed by atoms with Crippen molar-refractivity contribution in [3.05, 3.63) is 175 Å². The number of aryl methyl sites for hydroxylation is 4. The molecule has 0 radical (unpaired) electrons. The lowest BCUT2D eigenvalue weighted by Gasteiger charge is -2.29. The molecule has 0 unspecified atom stereocenters. The number of rotatable bonds is 6. The summed E-state index contributed by atoms with van der Waals surface area (Å²) < 4.78 is 4.87. The predicted octanol–water partition coefficient (Wildman–Crippen LogP) is 13.6. The smallest absolute Gasteiger partial charge is 0.0742 e. The molecular weight excluding hydrogens is 657 g/mol. The Bertz CT molecular complexity index is 2960. The number of aromatic nitrogens is 2. The van der Waals surface area contributed by atoms with Crippen molar-refractivity contribution in [1.82, 2.24) is 9.13 Å². The van der Waals surface area contributed by atoms with Gasteiger partial charge in [-0.15, -0.1) is 0 Å². The first-order valence-corrected chi connectivity index (χ1v) is 19.0. The lowest BCUT2D eigenvalue weighted by Crippen LogP contribution is -2.17. The van der Waals surface area contributed by atoms with Gasteiger partial charge in [0.25, 0.3) is 0 Å². The van der Waals surface area contributed by atoms with Crippen LogP contribution in [0.1, 0.15) is 24.0 Å². The van der Waals surface area contributed by atoms with Crippen molar-refractivity contribution in [3.63, 3.8) is 0 Å². The van der Waals surface area contributed by atoms with Crippen molar-refractivity contribution >= 4 is 82.8 Å². The molecule has 0 amide bonds. The average Bonchev–Trinajstić information content (AvgIpc) is 3.67. The van der Waals surface area contributed by atoms with Crippen LogP contribution in [-0.4, -0.2) is 9.13 Å². The zero-order valence-electron chi connectivity index (χ0n) is 31.2. The van der Waals surface area contributed by atoms with E-state index in [1.165, 1.54) is 82.6 Å². The van der Waals surface area contributed by atoms with Gasteiger partial charge in [-0.25, -0.2) is 0 Å². The van der Waals surface area contributed by atoms with E-state index in [-0.39, 0.29) is 0 Å². The quantitative estimate of drug-likeness (QED) is 0.172. The fraction of sp³-hybridized carbons (Fsp3) is 0.120. The van der Waals surface area contributed by atoms with Crippen molar-refractivity contribution < 1.29 is 0 Å². The highest BCUT2D eigenvalue weighted by Gasteiger charge is 2.24. The monoisotopic (exact) mass is 698 g/mol. The Hall–Kier alpha value is -6.52. The zero-order chi connectivity index (χ0) is 36.5. The SMILES string of the molecule is Cc1ccc(N(C2=CC=CCC2)c2ccc3c4c5ccccc5c5c6ccc(N(c7ccccc7)c7ccc(C)cc7)cc6n(C)c5c4n(C)c3c2)cc1. The van der Waals surface area contributed by atoms with Gasteiger partial charge in [0.15, 0.2) is 0 Å². The van der Waals surface area contributed by atoms with Crippen molar-refractivity contribution in [2.45, 2.75) is 26.7 Å². The molecule has 1 aliphatic carbocycles. The van der Waals surface area contributed by atoms with Crippen LogP contribution in [0.4, 0.5) is 28.4 Å². The molecule has 1 aliphatic rings. The topological polar surface area (TPSA) is 16.3 Å². The summed E-state index contributed by atoms with van der Waals surface area (Å²) in [7, 11) is 4.49. The number of hydrogen-bond acceptors (Lipinski definition) is 2. The van der Waals surface area contributed by atoms with Crippen LogP contribution < -0.4 is 9.80 Å². The van der Waals surface area contributed by atoms with Gasteiger partial charge in [-0.2, -0.15) is 0 Å². The molecule has 262 valence electrons. The summed E-state index contributed by atoms with van der Waals surface area (Å²) in [5, 5.41) is 7.72. The van der Waals surface area contributed by atoms with Gasteiger partial charge in [0.1, 0.15) is 0 Å². The second-order valence-corrected chi connectivity index (χ2v) is 14.8. The Morgan fingerprint density at radius 1 is 0.463 bits per heavy atom. The van der Waals surface area contributed by atoms with Gasteiger partial charge in [0.2, 0.25) is 0 Å². The molecular formula is C50H42N4. The van der Waals surface area contributed by atoms with Crippen molar-refractivity contribution in [3.8, 4) is 0 Å². The lowest BCUT2D eigenvalue weighted by atomic mass is 9.98. The van der Waals surface area contributed by atoms with E-state index in [9.17, 15) is 0 Å². The van der Waals surface area contributed by atoms with E-state index >= 15 is 0 Å². The maximum atomic E-state index is 2.44. The number of anilines is 5. The molecule has 0 atom stereocenters. The van der Waals surface area contributed by atoms with Crippen LogP contribution in [0.3, 0.4) is 0 Å². The summed E-state index contributed by atoms with van der Waals surface area (Å²) in [6.07, 6.45) is 8.78. The number of nitrogens with zero attached hydrogens (tertiary/aromatic N) is 4. The summed E-state index contributed by atoms with van der Waals surface area (Å²) in [5.74, 6) is 0. The zero-order valence-corrected chi connectivity index (χ0v) is 31.2. The Labute approximate surface area is 316 Å². The van der Waals surface area contributed by atoms with Crippen LogP contribution >= 0.6 is 0 Å². The molecule has 2 heterocycles. The van der Waals surface area contributed by atoms with Gasteiger partial charge >= 0.3 is 0 Å². The molecule has 0 N–H and O–H groups in total. The second kappa shape index (κ2) is 12.6. The van der Waals surface area contributed by atoms with Gasteiger partial charge in [-0.1, -0.05) is 102 Å². The summed E-state index contributed by atoms with van der Waals surface area (Å²) in [6, 6.07) is 51.5. The maximum Gasteiger partial charge on any atom is 0.0742 e. The summed E-state index contributed by atoms with van der Waals surface area (Å²) in [5.41, 5.74) is 14.6. The third-order valence-corrected chi connectivity index (χ3v) is 11.5. The van der Waals surface area contributed by atoms with Crippen LogP contribution in [0, 0.1) is 13.8 Å². The van der Waals surface area contributed by atoms with Gasteiger partial charge in [-0.05, 0) is 104 Å². The molecule has 4 nitrogen and oxygen atoms in total. The summed E-state index contributed by atoms with van der Waals surface area (Å²) in [6.45, 7) is 4.30. The van der Waals surface area contributed by atoms with Crippen molar-refractivity contribution in [1.29, 1.82) is 0 Å². The Kier molecular flexibility index (Phi) is 7.48. The molecule has 9 aromatic rings. The number of benzene rings is 7. The molecule has 0 saturated carbocycles. The normalized spacial score (nSPS) is 13.1. The van der Waals surface area contributed by atoms with Gasteiger partial charge in [0, 0.05) is 69.8 Å². The molecule has 0 saturated heterocycles. The third kappa shape index (κ3) is 4.98. The molecule has 2 aromatic heterocycles.